The molecular weight excluding hydrogens is 491 g/mol. The van der Waals surface area contributed by atoms with Crippen LogP contribution in [0.25, 0.3) is 0 Å². The van der Waals surface area contributed by atoms with Gasteiger partial charge in [-0.25, -0.2) is 0 Å². The third-order valence-electron chi connectivity index (χ3n) is 6.25. The summed E-state index contributed by atoms with van der Waals surface area (Å²) < 4.78 is 0. The third-order valence-corrected chi connectivity index (χ3v) is 6.84. The number of halogens is 2. The van der Waals surface area contributed by atoms with E-state index in [1.165, 1.54) is 5.56 Å². The maximum atomic E-state index is 13.7. The summed E-state index contributed by atoms with van der Waals surface area (Å²) in [5.41, 5.74) is 4.09. The molecule has 1 unspecified atom stereocenters. The lowest BCUT2D eigenvalue weighted by Gasteiger charge is -2.32. The van der Waals surface area contributed by atoms with Crippen LogP contribution in [0.4, 0.5) is 0 Å². The average Bonchev–Trinajstić information content (AvgIpc) is 2.86. The summed E-state index contributed by atoms with van der Waals surface area (Å²) in [6.07, 6.45) is 1.29. The van der Waals surface area contributed by atoms with E-state index in [1.54, 1.807) is 17.0 Å². The minimum Gasteiger partial charge on any atom is -0.355 e. The lowest BCUT2D eigenvalue weighted by molar-refractivity contribution is -0.141. The number of amides is 2. The van der Waals surface area contributed by atoms with E-state index in [2.05, 4.69) is 43.4 Å². The van der Waals surface area contributed by atoms with Crippen molar-refractivity contribution < 1.29 is 9.59 Å². The van der Waals surface area contributed by atoms with Gasteiger partial charge in [0.1, 0.15) is 6.04 Å². The van der Waals surface area contributed by atoms with E-state index in [9.17, 15) is 9.59 Å². The van der Waals surface area contributed by atoms with E-state index in [0.717, 1.165) is 16.7 Å². The predicted molar refractivity (Wildman–Crippen MR) is 148 cm³/mol. The molecule has 4 nitrogen and oxygen atoms in total. The fourth-order valence-electron chi connectivity index (χ4n) is 4.14. The fourth-order valence-corrected chi connectivity index (χ4v) is 4.61. The number of carbonyl (C=O) groups excluding carboxylic acids is 2. The number of likely N-dealkylation sites (N-methyl/N-ethyl adjacent to an activating group) is 1. The van der Waals surface area contributed by atoms with E-state index in [1.807, 2.05) is 43.3 Å². The summed E-state index contributed by atoms with van der Waals surface area (Å²) in [5, 5.41) is 3.91. The highest BCUT2D eigenvalue weighted by Gasteiger charge is 2.30. The van der Waals surface area contributed by atoms with E-state index in [4.69, 9.17) is 23.2 Å². The zero-order valence-corrected chi connectivity index (χ0v) is 22.6. The van der Waals surface area contributed by atoms with Gasteiger partial charge in [-0.15, -0.1) is 0 Å². The van der Waals surface area contributed by atoms with Crippen LogP contribution in [-0.4, -0.2) is 29.3 Å². The molecule has 1 N–H and O–H groups in total. The molecule has 0 aromatic heterocycles. The third kappa shape index (κ3) is 7.84. The first-order chi connectivity index (χ1) is 17.3. The average molecular weight is 526 g/mol. The summed E-state index contributed by atoms with van der Waals surface area (Å²) in [5.74, 6) is 0.179. The first kappa shape index (κ1) is 27.8. The molecule has 6 heteroatoms. The molecule has 3 aromatic carbocycles. The SMILES string of the molecule is CCNC(=O)C(Cc1ccccc1)N(Cc1ccc(Cl)cc1Cl)C(=O)CCc1ccc(C(C)C)cc1. The lowest BCUT2D eigenvalue weighted by atomic mass is 9.99. The Hall–Kier alpha value is -2.82. The number of rotatable bonds is 11. The van der Waals surface area contributed by atoms with Crippen molar-refractivity contribution in [1.82, 2.24) is 10.2 Å². The van der Waals surface area contributed by atoms with Gasteiger partial charge in [0.15, 0.2) is 0 Å². The highest BCUT2D eigenvalue weighted by Crippen LogP contribution is 2.25. The lowest BCUT2D eigenvalue weighted by Crippen LogP contribution is -2.50. The van der Waals surface area contributed by atoms with Crippen LogP contribution in [-0.2, 0) is 29.0 Å². The number of hydrogen-bond acceptors (Lipinski definition) is 2. The molecule has 36 heavy (non-hydrogen) atoms. The monoisotopic (exact) mass is 524 g/mol. The second-order valence-electron chi connectivity index (χ2n) is 9.25. The molecule has 1 atom stereocenters. The molecule has 0 aliphatic rings. The van der Waals surface area contributed by atoms with Crippen LogP contribution in [0, 0.1) is 0 Å². The van der Waals surface area contributed by atoms with Crippen molar-refractivity contribution in [2.75, 3.05) is 6.54 Å². The highest BCUT2D eigenvalue weighted by molar-refractivity contribution is 6.35. The van der Waals surface area contributed by atoms with Gasteiger partial charge in [-0.2, -0.15) is 0 Å². The number of hydrogen-bond donors (Lipinski definition) is 1. The zero-order valence-electron chi connectivity index (χ0n) is 21.1. The fraction of sp³-hybridized carbons (Fsp3) is 0.333. The second-order valence-corrected chi connectivity index (χ2v) is 10.1. The summed E-state index contributed by atoms with van der Waals surface area (Å²) in [7, 11) is 0. The largest absolute Gasteiger partial charge is 0.355 e. The molecule has 0 saturated carbocycles. The minimum atomic E-state index is -0.671. The normalized spacial score (nSPS) is 11.8. The molecule has 190 valence electrons. The van der Waals surface area contributed by atoms with Crippen molar-refractivity contribution in [1.29, 1.82) is 0 Å². The molecule has 2 amide bonds. The molecule has 0 bridgehead atoms. The Morgan fingerprint density at radius 1 is 0.917 bits per heavy atom. The molecule has 0 spiro atoms. The summed E-state index contributed by atoms with van der Waals surface area (Å²) in [4.78, 5) is 28.6. The number of benzene rings is 3. The molecule has 3 aromatic rings. The van der Waals surface area contributed by atoms with Crippen LogP contribution in [0.2, 0.25) is 10.0 Å². The zero-order chi connectivity index (χ0) is 26.1. The highest BCUT2D eigenvalue weighted by atomic mass is 35.5. The number of carbonyl (C=O) groups is 2. The molecule has 0 fully saturated rings. The van der Waals surface area contributed by atoms with Crippen molar-refractivity contribution in [3.63, 3.8) is 0 Å². The molecule has 0 heterocycles. The Balaban J connectivity index is 1.89. The van der Waals surface area contributed by atoms with E-state index in [0.29, 0.717) is 35.3 Å². The van der Waals surface area contributed by atoms with Crippen molar-refractivity contribution in [2.24, 2.45) is 0 Å². The van der Waals surface area contributed by atoms with Gasteiger partial charge < -0.3 is 10.2 Å². The van der Waals surface area contributed by atoms with E-state index < -0.39 is 6.04 Å². The number of aryl methyl sites for hydroxylation is 1. The van der Waals surface area contributed by atoms with Gasteiger partial charge in [0.25, 0.3) is 0 Å². The predicted octanol–water partition coefficient (Wildman–Crippen LogP) is 6.83. The van der Waals surface area contributed by atoms with Gasteiger partial charge in [0, 0.05) is 36.0 Å². The van der Waals surface area contributed by atoms with Gasteiger partial charge in [-0.05, 0) is 53.6 Å². The summed E-state index contributed by atoms with van der Waals surface area (Å²) in [6.45, 7) is 6.89. The van der Waals surface area contributed by atoms with Crippen molar-refractivity contribution >= 4 is 35.0 Å². The van der Waals surface area contributed by atoms with Crippen LogP contribution < -0.4 is 5.32 Å². The summed E-state index contributed by atoms with van der Waals surface area (Å²) >= 11 is 12.6. The second kappa shape index (κ2) is 13.5. The smallest absolute Gasteiger partial charge is 0.243 e. The van der Waals surface area contributed by atoms with Crippen LogP contribution in [0.5, 0.6) is 0 Å². The Morgan fingerprint density at radius 2 is 1.61 bits per heavy atom. The molecule has 3 rings (SSSR count). The van der Waals surface area contributed by atoms with Crippen molar-refractivity contribution in [3.8, 4) is 0 Å². The number of nitrogens with one attached hydrogen (secondary N) is 1. The number of nitrogens with zero attached hydrogens (tertiary/aromatic N) is 1. The Labute approximate surface area is 224 Å². The van der Waals surface area contributed by atoms with Crippen LogP contribution >= 0.6 is 23.2 Å². The molecular formula is C30H34Cl2N2O2. The minimum absolute atomic E-state index is 0.0962. The molecule has 0 aliphatic heterocycles. The van der Waals surface area contributed by atoms with E-state index >= 15 is 0 Å². The van der Waals surface area contributed by atoms with Crippen LogP contribution in [0.1, 0.15) is 55.4 Å². The molecule has 0 saturated heterocycles. The van der Waals surface area contributed by atoms with Crippen molar-refractivity contribution in [2.45, 2.75) is 58.5 Å². The first-order valence-corrected chi connectivity index (χ1v) is 13.2. The topological polar surface area (TPSA) is 49.4 Å². The van der Waals surface area contributed by atoms with Crippen molar-refractivity contribution in [3.05, 3.63) is 105 Å². The first-order valence-electron chi connectivity index (χ1n) is 12.4. The Bertz CT molecular complexity index is 1150. The van der Waals surface area contributed by atoms with E-state index in [-0.39, 0.29) is 24.8 Å². The van der Waals surface area contributed by atoms with Gasteiger partial charge in [-0.3, -0.25) is 9.59 Å². The standard InChI is InChI=1S/C30H34Cl2N2O2/c1-4-33-30(36)28(18-23-8-6-5-7-9-23)34(20-25-15-16-26(31)19-27(25)32)29(35)17-12-22-10-13-24(14-11-22)21(2)3/h5-11,13-16,19,21,28H,4,12,17-18,20H2,1-3H3,(H,33,36). The maximum absolute atomic E-state index is 13.7. The Morgan fingerprint density at radius 3 is 2.22 bits per heavy atom. The maximum Gasteiger partial charge on any atom is 0.243 e. The van der Waals surface area contributed by atoms with Gasteiger partial charge in [-0.1, -0.05) is 97.7 Å². The van der Waals surface area contributed by atoms with Gasteiger partial charge >= 0.3 is 0 Å². The van der Waals surface area contributed by atoms with Crippen LogP contribution in [0.3, 0.4) is 0 Å². The van der Waals surface area contributed by atoms with Crippen LogP contribution in [0.15, 0.2) is 72.8 Å². The Kier molecular flexibility index (Phi) is 10.4. The molecule has 0 radical (unpaired) electrons. The van der Waals surface area contributed by atoms with Gasteiger partial charge in [0.2, 0.25) is 11.8 Å². The summed E-state index contributed by atoms with van der Waals surface area (Å²) in [6, 6.07) is 22.7. The quantitative estimate of drug-likeness (QED) is 0.299. The molecule has 0 aliphatic carbocycles. The van der Waals surface area contributed by atoms with Gasteiger partial charge in [0.05, 0.1) is 0 Å².